The minimum absolute atomic E-state index is 0.0797. The maximum atomic E-state index is 13.1. The fraction of sp³-hybridized carbons (Fsp3) is 0.143. The highest BCUT2D eigenvalue weighted by molar-refractivity contribution is 5.50. The molecule has 20 heavy (non-hydrogen) atoms. The van der Waals surface area contributed by atoms with E-state index in [0.29, 0.717) is 5.56 Å². The molecule has 0 saturated heterocycles. The molecule has 0 aliphatic heterocycles. The van der Waals surface area contributed by atoms with Crippen molar-refractivity contribution in [3.63, 3.8) is 0 Å². The van der Waals surface area contributed by atoms with Crippen molar-refractivity contribution in [2.45, 2.75) is 13.1 Å². The topological polar surface area (TPSA) is 35.2 Å². The van der Waals surface area contributed by atoms with Crippen molar-refractivity contribution in [3.05, 3.63) is 53.3 Å². The molecule has 0 unspecified atom stereocenters. The summed E-state index contributed by atoms with van der Waals surface area (Å²) in [6.45, 7) is 1.66. The minimum atomic E-state index is -4.52. The summed E-state index contributed by atoms with van der Waals surface area (Å²) in [5.74, 6) is -0.486. The van der Waals surface area contributed by atoms with Crippen molar-refractivity contribution in [1.82, 2.24) is 0 Å². The first kappa shape index (κ1) is 14.2. The molecule has 2 rings (SSSR count). The second-order valence-electron chi connectivity index (χ2n) is 4.30. The number of halogens is 4. The molecule has 0 aliphatic rings. The van der Waals surface area contributed by atoms with Crippen LogP contribution in [0.25, 0.3) is 0 Å². The predicted molar refractivity (Wildman–Crippen MR) is 67.1 cm³/mol. The Bertz CT molecular complexity index is 638. The van der Waals surface area contributed by atoms with Crippen molar-refractivity contribution in [3.8, 4) is 11.5 Å². The van der Waals surface area contributed by atoms with Gasteiger partial charge in [0.25, 0.3) is 0 Å². The summed E-state index contributed by atoms with van der Waals surface area (Å²) >= 11 is 0. The molecule has 0 fully saturated rings. The van der Waals surface area contributed by atoms with Crippen LogP contribution in [-0.2, 0) is 6.18 Å². The summed E-state index contributed by atoms with van der Waals surface area (Å²) in [4.78, 5) is 0. The number of hydrogen-bond acceptors (Lipinski definition) is 2. The van der Waals surface area contributed by atoms with Crippen LogP contribution in [0.4, 0.5) is 23.2 Å². The average molecular weight is 285 g/mol. The van der Waals surface area contributed by atoms with Crippen molar-refractivity contribution < 1.29 is 22.3 Å². The van der Waals surface area contributed by atoms with Crippen LogP contribution in [0.15, 0.2) is 36.4 Å². The first-order valence-electron chi connectivity index (χ1n) is 5.67. The van der Waals surface area contributed by atoms with Gasteiger partial charge >= 0.3 is 6.18 Å². The molecule has 6 heteroatoms. The lowest BCUT2D eigenvalue weighted by Crippen LogP contribution is -2.06. The number of benzene rings is 2. The number of hydrogen-bond donors (Lipinski definition) is 1. The van der Waals surface area contributed by atoms with E-state index in [4.69, 9.17) is 10.5 Å². The van der Waals surface area contributed by atoms with Crippen molar-refractivity contribution in [2.24, 2.45) is 0 Å². The summed E-state index contributed by atoms with van der Waals surface area (Å²) in [5.41, 5.74) is 5.03. The minimum Gasteiger partial charge on any atom is -0.457 e. The zero-order valence-electron chi connectivity index (χ0n) is 10.5. The maximum Gasteiger partial charge on any atom is 0.416 e. The van der Waals surface area contributed by atoms with Gasteiger partial charge in [-0.3, -0.25) is 0 Å². The number of ether oxygens (including phenoxy) is 1. The highest BCUT2D eigenvalue weighted by atomic mass is 19.4. The summed E-state index contributed by atoms with van der Waals surface area (Å²) in [7, 11) is 0. The first-order chi connectivity index (χ1) is 9.25. The number of aryl methyl sites for hydroxylation is 1. The van der Waals surface area contributed by atoms with Gasteiger partial charge in [-0.15, -0.1) is 0 Å². The molecule has 0 radical (unpaired) electrons. The number of nitrogen functional groups attached to an aromatic ring is 1. The molecule has 0 spiro atoms. The summed E-state index contributed by atoms with van der Waals surface area (Å²) in [6.07, 6.45) is -4.52. The smallest absolute Gasteiger partial charge is 0.416 e. The quantitative estimate of drug-likeness (QED) is 0.650. The molecule has 2 N–H and O–H groups in total. The number of alkyl halides is 3. The zero-order chi connectivity index (χ0) is 14.9. The van der Waals surface area contributed by atoms with Gasteiger partial charge in [0.2, 0.25) is 0 Å². The van der Waals surface area contributed by atoms with E-state index in [1.165, 1.54) is 18.2 Å². The van der Waals surface area contributed by atoms with Crippen LogP contribution >= 0.6 is 0 Å². The van der Waals surface area contributed by atoms with Crippen LogP contribution in [-0.4, -0.2) is 0 Å². The Morgan fingerprint density at radius 3 is 2.40 bits per heavy atom. The van der Waals surface area contributed by atoms with Crippen LogP contribution in [0.5, 0.6) is 11.5 Å². The lowest BCUT2D eigenvalue weighted by atomic mass is 10.1. The van der Waals surface area contributed by atoms with E-state index in [9.17, 15) is 17.6 Å². The second kappa shape index (κ2) is 5.03. The molecule has 2 aromatic carbocycles. The Hall–Kier alpha value is -2.24. The summed E-state index contributed by atoms with van der Waals surface area (Å²) in [6, 6.07) is 6.70. The van der Waals surface area contributed by atoms with Crippen LogP contribution in [0.1, 0.15) is 11.1 Å². The van der Waals surface area contributed by atoms with Gasteiger partial charge in [-0.25, -0.2) is 4.39 Å². The largest absolute Gasteiger partial charge is 0.457 e. The van der Waals surface area contributed by atoms with Gasteiger partial charge in [-0.2, -0.15) is 13.2 Å². The number of rotatable bonds is 2. The number of anilines is 1. The average Bonchev–Trinajstić information content (AvgIpc) is 2.32. The fourth-order valence-corrected chi connectivity index (χ4v) is 1.66. The molecule has 0 heterocycles. The first-order valence-corrected chi connectivity index (χ1v) is 5.67. The van der Waals surface area contributed by atoms with Crippen LogP contribution in [0, 0.1) is 12.7 Å². The van der Waals surface area contributed by atoms with Crippen LogP contribution < -0.4 is 10.5 Å². The molecule has 2 aromatic rings. The molecule has 2 nitrogen and oxygen atoms in total. The molecule has 0 bridgehead atoms. The third kappa shape index (κ3) is 3.20. The van der Waals surface area contributed by atoms with Gasteiger partial charge in [0.1, 0.15) is 17.3 Å². The normalized spacial score (nSPS) is 11.4. The zero-order valence-corrected chi connectivity index (χ0v) is 10.5. The van der Waals surface area contributed by atoms with Crippen molar-refractivity contribution in [1.29, 1.82) is 0 Å². The van der Waals surface area contributed by atoms with E-state index in [-0.39, 0.29) is 17.2 Å². The Kier molecular flexibility index (Phi) is 3.57. The fourth-order valence-electron chi connectivity index (χ4n) is 1.66. The van der Waals surface area contributed by atoms with Crippen molar-refractivity contribution in [2.75, 3.05) is 5.73 Å². The Labute approximate surface area is 112 Å². The number of nitrogens with two attached hydrogens (primary N) is 1. The Balaban J connectivity index is 2.39. The highest BCUT2D eigenvalue weighted by Gasteiger charge is 2.31. The summed E-state index contributed by atoms with van der Waals surface area (Å²) in [5, 5.41) is 0. The predicted octanol–water partition coefficient (Wildman–Crippen LogP) is 4.53. The van der Waals surface area contributed by atoms with E-state index in [1.54, 1.807) is 6.92 Å². The molecular formula is C14H11F4NO. The molecule has 0 aromatic heterocycles. The lowest BCUT2D eigenvalue weighted by molar-refractivity contribution is -0.137. The second-order valence-corrected chi connectivity index (χ2v) is 4.30. The Morgan fingerprint density at radius 2 is 1.75 bits per heavy atom. The maximum absolute atomic E-state index is 13.1. The van der Waals surface area contributed by atoms with E-state index < -0.39 is 17.6 Å². The molecule has 0 aliphatic carbocycles. The van der Waals surface area contributed by atoms with E-state index in [0.717, 1.165) is 18.2 Å². The molecule has 106 valence electrons. The summed E-state index contributed by atoms with van der Waals surface area (Å²) < 4.78 is 56.4. The Morgan fingerprint density at radius 1 is 1.05 bits per heavy atom. The molecule has 0 saturated carbocycles. The van der Waals surface area contributed by atoms with Gasteiger partial charge < -0.3 is 10.5 Å². The van der Waals surface area contributed by atoms with Crippen LogP contribution in [0.2, 0.25) is 0 Å². The van der Waals surface area contributed by atoms with Crippen molar-refractivity contribution >= 4 is 5.69 Å². The van der Waals surface area contributed by atoms with E-state index in [2.05, 4.69) is 0 Å². The SMILES string of the molecule is Cc1ccc(F)cc1Oc1cc(N)cc(C(F)(F)F)c1. The molecule has 0 amide bonds. The monoisotopic (exact) mass is 285 g/mol. The van der Waals surface area contributed by atoms with E-state index in [1.807, 2.05) is 0 Å². The van der Waals surface area contributed by atoms with Gasteiger partial charge in [0.15, 0.2) is 0 Å². The van der Waals surface area contributed by atoms with Crippen LogP contribution in [0.3, 0.4) is 0 Å². The highest BCUT2D eigenvalue weighted by Crippen LogP contribution is 2.35. The van der Waals surface area contributed by atoms with Gasteiger partial charge in [-0.05, 0) is 30.7 Å². The molecule has 0 atom stereocenters. The van der Waals surface area contributed by atoms with Gasteiger partial charge in [-0.1, -0.05) is 6.07 Å². The van der Waals surface area contributed by atoms with Gasteiger partial charge in [0.05, 0.1) is 5.56 Å². The third-order valence-corrected chi connectivity index (χ3v) is 2.63. The van der Waals surface area contributed by atoms with Gasteiger partial charge in [0, 0.05) is 17.8 Å². The lowest BCUT2D eigenvalue weighted by Gasteiger charge is -2.12. The molecular weight excluding hydrogens is 274 g/mol. The standard InChI is InChI=1S/C14H11F4NO/c1-8-2-3-10(15)6-13(8)20-12-5-9(14(16,17)18)4-11(19)7-12/h2-7H,19H2,1H3. The third-order valence-electron chi connectivity index (χ3n) is 2.63. The van der Waals surface area contributed by atoms with E-state index >= 15 is 0 Å².